The Hall–Kier alpha value is -1.39. The molecule has 0 saturated heterocycles. The van der Waals surface area contributed by atoms with Crippen LogP contribution in [0.2, 0.25) is 0 Å². The molecule has 1 aromatic carbocycles. The molecule has 0 aliphatic carbocycles. The number of alkyl halides is 1. The van der Waals surface area contributed by atoms with Gasteiger partial charge in [-0.15, -0.1) is 22.9 Å². The zero-order chi connectivity index (χ0) is 12.3. The molecule has 5 heteroatoms. The highest BCUT2D eigenvalue weighted by Crippen LogP contribution is 2.24. The summed E-state index contributed by atoms with van der Waals surface area (Å²) in [5.74, 6) is -0.295. The van der Waals surface area contributed by atoms with Gasteiger partial charge in [-0.3, -0.25) is 4.79 Å². The summed E-state index contributed by atoms with van der Waals surface area (Å²) >= 11 is 6.80. The van der Waals surface area contributed by atoms with Crippen LogP contribution in [0.3, 0.4) is 0 Å². The fraction of sp³-hybridized carbons (Fsp3) is 0.167. The zero-order valence-corrected chi connectivity index (χ0v) is 10.8. The SMILES string of the molecule is Cc1ccc(-c2csc(NC(=O)CCl)n2)cc1. The van der Waals surface area contributed by atoms with Crippen molar-refractivity contribution in [2.75, 3.05) is 11.2 Å². The lowest BCUT2D eigenvalue weighted by Crippen LogP contribution is -2.12. The maximum Gasteiger partial charge on any atom is 0.241 e. The highest BCUT2D eigenvalue weighted by Gasteiger charge is 2.06. The molecule has 2 aromatic rings. The molecule has 17 heavy (non-hydrogen) atoms. The Balaban J connectivity index is 2.18. The van der Waals surface area contributed by atoms with E-state index in [-0.39, 0.29) is 11.8 Å². The Morgan fingerprint density at radius 1 is 1.41 bits per heavy atom. The topological polar surface area (TPSA) is 42.0 Å². The van der Waals surface area contributed by atoms with Gasteiger partial charge in [0.25, 0.3) is 0 Å². The summed E-state index contributed by atoms with van der Waals surface area (Å²) in [5.41, 5.74) is 3.11. The number of hydrogen-bond donors (Lipinski definition) is 1. The number of carbonyl (C=O) groups excluding carboxylic acids is 1. The smallest absolute Gasteiger partial charge is 0.241 e. The van der Waals surface area contributed by atoms with E-state index in [4.69, 9.17) is 11.6 Å². The van der Waals surface area contributed by atoms with E-state index in [9.17, 15) is 4.79 Å². The maximum absolute atomic E-state index is 11.1. The van der Waals surface area contributed by atoms with Crippen LogP contribution in [-0.2, 0) is 4.79 Å². The molecule has 1 amide bonds. The third kappa shape index (κ3) is 3.05. The number of thiazole rings is 1. The molecule has 1 N–H and O–H groups in total. The largest absolute Gasteiger partial charge is 0.301 e. The van der Waals surface area contributed by atoms with Crippen molar-refractivity contribution in [3.63, 3.8) is 0 Å². The molecule has 88 valence electrons. The molecule has 0 aliphatic rings. The predicted octanol–water partition coefficient (Wildman–Crippen LogP) is 3.30. The zero-order valence-electron chi connectivity index (χ0n) is 9.24. The number of nitrogens with one attached hydrogen (secondary N) is 1. The second kappa shape index (κ2) is 5.29. The number of rotatable bonds is 3. The van der Waals surface area contributed by atoms with Gasteiger partial charge in [0.2, 0.25) is 5.91 Å². The average molecular weight is 267 g/mol. The number of anilines is 1. The van der Waals surface area contributed by atoms with Crippen molar-refractivity contribution in [1.82, 2.24) is 4.98 Å². The Kier molecular flexibility index (Phi) is 3.76. The van der Waals surface area contributed by atoms with E-state index >= 15 is 0 Å². The van der Waals surface area contributed by atoms with Crippen LogP contribution in [0.4, 0.5) is 5.13 Å². The van der Waals surface area contributed by atoms with Crippen molar-refractivity contribution in [3.05, 3.63) is 35.2 Å². The van der Waals surface area contributed by atoms with Crippen LogP contribution < -0.4 is 5.32 Å². The summed E-state index contributed by atoms with van der Waals surface area (Å²) < 4.78 is 0. The lowest BCUT2D eigenvalue weighted by molar-refractivity contribution is -0.113. The molecule has 1 heterocycles. The predicted molar refractivity (Wildman–Crippen MR) is 71.6 cm³/mol. The summed E-state index contributed by atoms with van der Waals surface area (Å²) in [5, 5.41) is 5.12. The maximum atomic E-state index is 11.1. The number of amides is 1. The first-order chi connectivity index (χ1) is 8.19. The standard InChI is InChI=1S/C12H11ClN2OS/c1-8-2-4-9(5-3-8)10-7-17-12(14-10)15-11(16)6-13/h2-5,7H,6H2,1H3,(H,14,15,16). The highest BCUT2D eigenvalue weighted by molar-refractivity contribution is 7.14. The minimum Gasteiger partial charge on any atom is -0.301 e. The molecule has 0 radical (unpaired) electrons. The van der Waals surface area contributed by atoms with Crippen LogP contribution in [0.15, 0.2) is 29.6 Å². The molecule has 2 rings (SSSR count). The minimum absolute atomic E-state index is 0.0561. The van der Waals surface area contributed by atoms with Gasteiger partial charge in [0, 0.05) is 10.9 Å². The molecule has 0 unspecified atom stereocenters. The average Bonchev–Trinajstić information content (AvgIpc) is 2.78. The van der Waals surface area contributed by atoms with E-state index in [2.05, 4.69) is 10.3 Å². The van der Waals surface area contributed by atoms with E-state index in [1.54, 1.807) is 0 Å². The number of benzene rings is 1. The third-order valence-corrected chi connectivity index (χ3v) is 3.22. The molecule has 0 fully saturated rings. The molecule has 1 aromatic heterocycles. The number of hydrogen-bond acceptors (Lipinski definition) is 3. The first-order valence-corrected chi connectivity index (χ1v) is 6.49. The Bertz CT molecular complexity index is 522. The van der Waals surface area contributed by atoms with Crippen LogP contribution in [0.1, 0.15) is 5.56 Å². The first kappa shape index (κ1) is 12.1. The minimum atomic E-state index is -0.239. The van der Waals surface area contributed by atoms with Gasteiger partial charge in [-0.1, -0.05) is 29.8 Å². The van der Waals surface area contributed by atoms with Crippen LogP contribution in [0.5, 0.6) is 0 Å². The molecule has 0 atom stereocenters. The number of carbonyl (C=O) groups is 1. The highest BCUT2D eigenvalue weighted by atomic mass is 35.5. The van der Waals surface area contributed by atoms with Crippen LogP contribution in [0, 0.1) is 6.92 Å². The molecule has 0 spiro atoms. The molecular formula is C12H11ClN2OS. The van der Waals surface area contributed by atoms with Gasteiger partial charge in [-0.2, -0.15) is 0 Å². The van der Waals surface area contributed by atoms with E-state index in [1.165, 1.54) is 16.9 Å². The van der Waals surface area contributed by atoms with Gasteiger partial charge in [-0.25, -0.2) is 4.98 Å². The molecule has 0 bridgehead atoms. The molecular weight excluding hydrogens is 256 g/mol. The van der Waals surface area contributed by atoms with Gasteiger partial charge >= 0.3 is 0 Å². The van der Waals surface area contributed by atoms with Gasteiger partial charge in [0.15, 0.2) is 5.13 Å². The number of nitrogens with zero attached hydrogens (tertiary/aromatic N) is 1. The van der Waals surface area contributed by atoms with Gasteiger partial charge < -0.3 is 5.32 Å². The fourth-order valence-electron chi connectivity index (χ4n) is 1.34. The van der Waals surface area contributed by atoms with Gasteiger partial charge in [-0.05, 0) is 6.92 Å². The molecule has 3 nitrogen and oxygen atoms in total. The van der Waals surface area contributed by atoms with Gasteiger partial charge in [0.1, 0.15) is 5.88 Å². The lowest BCUT2D eigenvalue weighted by atomic mass is 10.1. The first-order valence-electron chi connectivity index (χ1n) is 5.07. The van der Waals surface area contributed by atoms with Crippen molar-refractivity contribution < 1.29 is 4.79 Å². The van der Waals surface area contributed by atoms with E-state index in [1.807, 2.05) is 36.6 Å². The number of aromatic nitrogens is 1. The van der Waals surface area contributed by atoms with Crippen LogP contribution in [0.25, 0.3) is 11.3 Å². The Morgan fingerprint density at radius 3 is 2.76 bits per heavy atom. The van der Waals surface area contributed by atoms with Crippen molar-refractivity contribution in [2.24, 2.45) is 0 Å². The third-order valence-electron chi connectivity index (χ3n) is 2.22. The number of halogens is 1. The van der Waals surface area contributed by atoms with Crippen molar-refractivity contribution in [1.29, 1.82) is 0 Å². The normalized spacial score (nSPS) is 10.2. The van der Waals surface area contributed by atoms with Gasteiger partial charge in [0.05, 0.1) is 5.69 Å². The lowest BCUT2D eigenvalue weighted by Gasteiger charge is -1.98. The second-order valence-electron chi connectivity index (χ2n) is 3.59. The summed E-state index contributed by atoms with van der Waals surface area (Å²) in [6.07, 6.45) is 0. The summed E-state index contributed by atoms with van der Waals surface area (Å²) in [6.45, 7) is 2.04. The summed E-state index contributed by atoms with van der Waals surface area (Å²) in [4.78, 5) is 15.4. The van der Waals surface area contributed by atoms with Crippen molar-refractivity contribution in [3.8, 4) is 11.3 Å². The molecule has 0 saturated carbocycles. The van der Waals surface area contributed by atoms with E-state index < -0.39 is 0 Å². The van der Waals surface area contributed by atoms with Crippen LogP contribution in [-0.4, -0.2) is 16.8 Å². The van der Waals surface area contributed by atoms with Crippen molar-refractivity contribution >= 4 is 34.0 Å². The second-order valence-corrected chi connectivity index (χ2v) is 4.71. The summed E-state index contributed by atoms with van der Waals surface area (Å²) in [7, 11) is 0. The number of aryl methyl sites for hydroxylation is 1. The Labute approximate surface area is 108 Å². The monoisotopic (exact) mass is 266 g/mol. The van der Waals surface area contributed by atoms with E-state index in [0.717, 1.165) is 11.3 Å². The van der Waals surface area contributed by atoms with E-state index in [0.29, 0.717) is 5.13 Å². The summed E-state index contributed by atoms with van der Waals surface area (Å²) in [6, 6.07) is 8.09. The van der Waals surface area contributed by atoms with Crippen LogP contribution >= 0.6 is 22.9 Å². The molecule has 0 aliphatic heterocycles. The Morgan fingerprint density at radius 2 is 2.12 bits per heavy atom. The van der Waals surface area contributed by atoms with Crippen molar-refractivity contribution in [2.45, 2.75) is 6.92 Å². The quantitative estimate of drug-likeness (QED) is 0.866. The fourth-order valence-corrected chi connectivity index (χ4v) is 2.14.